The molecular weight excluding hydrogens is 390 g/mol. The largest absolute Gasteiger partial charge is 0.486 e. The molecule has 3 aromatic carbocycles. The van der Waals surface area contributed by atoms with Gasteiger partial charge in [0, 0.05) is 25.1 Å². The van der Waals surface area contributed by atoms with E-state index < -0.39 is 0 Å². The average Bonchev–Trinajstić information content (AvgIpc) is 3.20. The first-order valence-electron chi connectivity index (χ1n) is 10.4. The molecule has 0 fully saturated rings. The fourth-order valence-corrected chi connectivity index (χ4v) is 3.82. The summed E-state index contributed by atoms with van der Waals surface area (Å²) in [5.41, 5.74) is 4.00. The Hall–Kier alpha value is -3.80. The van der Waals surface area contributed by atoms with Gasteiger partial charge in [0.15, 0.2) is 11.5 Å². The molecule has 6 nitrogen and oxygen atoms in total. The van der Waals surface area contributed by atoms with Crippen LogP contribution in [-0.2, 0) is 17.8 Å². The molecule has 1 amide bonds. The highest BCUT2D eigenvalue weighted by Gasteiger charge is 2.15. The maximum absolute atomic E-state index is 12.5. The molecule has 156 valence electrons. The van der Waals surface area contributed by atoms with E-state index in [0.717, 1.165) is 39.6 Å². The summed E-state index contributed by atoms with van der Waals surface area (Å²) in [6.07, 6.45) is 0.914. The van der Waals surface area contributed by atoms with Crippen molar-refractivity contribution >= 4 is 16.9 Å². The Bertz CT molecular complexity index is 1220. The molecule has 1 aliphatic rings. The second kappa shape index (κ2) is 8.52. The molecule has 0 aliphatic carbocycles. The summed E-state index contributed by atoms with van der Waals surface area (Å²) in [7, 11) is 0. The van der Waals surface area contributed by atoms with Gasteiger partial charge in [-0.2, -0.15) is 0 Å². The average molecular weight is 413 g/mol. The number of fused-ring (bicyclic) bond motifs is 2. The van der Waals surface area contributed by atoms with Crippen LogP contribution in [0.3, 0.4) is 0 Å². The number of rotatable bonds is 6. The molecule has 2 heterocycles. The molecule has 0 saturated heterocycles. The predicted octanol–water partition coefficient (Wildman–Crippen LogP) is 4.05. The van der Waals surface area contributed by atoms with Gasteiger partial charge in [-0.1, -0.05) is 36.4 Å². The quantitative estimate of drug-likeness (QED) is 0.518. The first kappa shape index (κ1) is 19.2. The van der Waals surface area contributed by atoms with Crippen molar-refractivity contribution in [3.05, 3.63) is 84.2 Å². The fraction of sp³-hybridized carbons (Fsp3) is 0.200. The maximum atomic E-state index is 12.5. The molecule has 5 rings (SSSR count). The summed E-state index contributed by atoms with van der Waals surface area (Å²) in [4.78, 5) is 17.3. The summed E-state index contributed by atoms with van der Waals surface area (Å²) in [6, 6.07) is 23.9. The van der Waals surface area contributed by atoms with Gasteiger partial charge in [-0.3, -0.25) is 9.36 Å². The number of hydrogen-bond acceptors (Lipinski definition) is 4. The number of nitrogens with one attached hydrogen (secondary N) is 1. The van der Waals surface area contributed by atoms with E-state index in [-0.39, 0.29) is 5.91 Å². The number of hydrogen-bond donors (Lipinski definition) is 1. The van der Waals surface area contributed by atoms with Crippen molar-refractivity contribution < 1.29 is 14.3 Å². The first-order chi connectivity index (χ1) is 15.3. The second-order valence-corrected chi connectivity index (χ2v) is 7.44. The van der Waals surface area contributed by atoms with Gasteiger partial charge in [-0.15, -0.1) is 0 Å². The van der Waals surface area contributed by atoms with E-state index in [1.807, 2.05) is 54.6 Å². The summed E-state index contributed by atoms with van der Waals surface area (Å²) in [5.74, 6) is 2.35. The number of para-hydroxylation sites is 3. The Kier molecular flexibility index (Phi) is 5.27. The van der Waals surface area contributed by atoms with Crippen LogP contribution in [0, 0.1) is 0 Å². The van der Waals surface area contributed by atoms with Gasteiger partial charge in [-0.05, 0) is 42.0 Å². The number of benzene rings is 3. The summed E-state index contributed by atoms with van der Waals surface area (Å²) in [6.45, 7) is 1.56. The van der Waals surface area contributed by atoms with E-state index >= 15 is 0 Å². The molecular formula is C25H23N3O3. The minimum atomic E-state index is -0.0124. The summed E-state index contributed by atoms with van der Waals surface area (Å²) >= 11 is 0. The molecule has 0 radical (unpaired) electrons. The SMILES string of the molecule is O=C(CCc1nc2ccccc2n1-c1ccccc1)NCc1ccc2c(c1)OCCO2. The Balaban J connectivity index is 1.27. The van der Waals surface area contributed by atoms with Crippen molar-refractivity contribution in [1.29, 1.82) is 0 Å². The van der Waals surface area contributed by atoms with Crippen LogP contribution in [0.2, 0.25) is 0 Å². The number of amides is 1. The third kappa shape index (κ3) is 4.10. The van der Waals surface area contributed by atoms with E-state index in [0.29, 0.717) is 32.6 Å². The number of carbonyl (C=O) groups excluding carboxylic acids is 1. The Labute approximate surface area is 180 Å². The highest BCUT2D eigenvalue weighted by atomic mass is 16.6. The van der Waals surface area contributed by atoms with Crippen LogP contribution in [0.5, 0.6) is 11.5 Å². The lowest BCUT2D eigenvalue weighted by Gasteiger charge is -2.19. The van der Waals surface area contributed by atoms with Gasteiger partial charge in [0.1, 0.15) is 19.0 Å². The predicted molar refractivity (Wildman–Crippen MR) is 119 cm³/mol. The maximum Gasteiger partial charge on any atom is 0.220 e. The van der Waals surface area contributed by atoms with Crippen molar-refractivity contribution in [2.45, 2.75) is 19.4 Å². The van der Waals surface area contributed by atoms with E-state index in [1.54, 1.807) is 0 Å². The third-order valence-electron chi connectivity index (χ3n) is 5.32. The van der Waals surface area contributed by atoms with Gasteiger partial charge in [0.05, 0.1) is 11.0 Å². The van der Waals surface area contributed by atoms with Crippen LogP contribution in [0.25, 0.3) is 16.7 Å². The molecule has 0 saturated carbocycles. The molecule has 0 spiro atoms. The Morgan fingerprint density at radius 3 is 2.58 bits per heavy atom. The Morgan fingerprint density at radius 1 is 0.935 bits per heavy atom. The molecule has 0 bridgehead atoms. The van der Waals surface area contributed by atoms with Gasteiger partial charge >= 0.3 is 0 Å². The van der Waals surface area contributed by atoms with Crippen molar-refractivity contribution in [2.75, 3.05) is 13.2 Å². The number of imidazole rings is 1. The molecule has 31 heavy (non-hydrogen) atoms. The van der Waals surface area contributed by atoms with Crippen LogP contribution in [0.1, 0.15) is 17.8 Å². The first-order valence-corrected chi connectivity index (χ1v) is 10.4. The van der Waals surface area contributed by atoms with Crippen LogP contribution < -0.4 is 14.8 Å². The van der Waals surface area contributed by atoms with Crippen molar-refractivity contribution in [3.8, 4) is 17.2 Å². The topological polar surface area (TPSA) is 65.4 Å². The molecule has 1 N–H and O–H groups in total. The fourth-order valence-electron chi connectivity index (χ4n) is 3.82. The number of ether oxygens (including phenoxy) is 2. The van der Waals surface area contributed by atoms with Crippen LogP contribution in [0.4, 0.5) is 0 Å². The second-order valence-electron chi connectivity index (χ2n) is 7.44. The minimum Gasteiger partial charge on any atom is -0.486 e. The van der Waals surface area contributed by atoms with Crippen LogP contribution in [-0.4, -0.2) is 28.7 Å². The normalized spacial score (nSPS) is 12.6. The molecule has 0 unspecified atom stereocenters. The van der Waals surface area contributed by atoms with Crippen molar-refractivity contribution in [1.82, 2.24) is 14.9 Å². The summed E-state index contributed by atoms with van der Waals surface area (Å²) in [5, 5.41) is 3.00. The van der Waals surface area contributed by atoms with Crippen LogP contribution in [0.15, 0.2) is 72.8 Å². The molecule has 0 atom stereocenters. The highest BCUT2D eigenvalue weighted by Crippen LogP contribution is 2.30. The summed E-state index contributed by atoms with van der Waals surface area (Å²) < 4.78 is 13.3. The molecule has 1 aromatic heterocycles. The Morgan fingerprint density at radius 2 is 1.71 bits per heavy atom. The minimum absolute atomic E-state index is 0.0124. The smallest absolute Gasteiger partial charge is 0.220 e. The number of nitrogens with zero attached hydrogens (tertiary/aromatic N) is 2. The third-order valence-corrected chi connectivity index (χ3v) is 5.32. The van der Waals surface area contributed by atoms with Gasteiger partial charge < -0.3 is 14.8 Å². The number of carbonyl (C=O) groups is 1. The lowest BCUT2D eigenvalue weighted by atomic mass is 10.2. The molecule has 1 aliphatic heterocycles. The van der Waals surface area contributed by atoms with E-state index in [4.69, 9.17) is 14.5 Å². The van der Waals surface area contributed by atoms with Crippen LogP contribution >= 0.6 is 0 Å². The number of aromatic nitrogens is 2. The van der Waals surface area contributed by atoms with E-state index in [2.05, 4.69) is 28.1 Å². The zero-order valence-corrected chi connectivity index (χ0v) is 17.1. The van der Waals surface area contributed by atoms with E-state index in [1.165, 1.54) is 0 Å². The lowest BCUT2D eigenvalue weighted by Crippen LogP contribution is -2.23. The monoisotopic (exact) mass is 413 g/mol. The van der Waals surface area contributed by atoms with Crippen molar-refractivity contribution in [2.24, 2.45) is 0 Å². The highest BCUT2D eigenvalue weighted by molar-refractivity contribution is 5.79. The van der Waals surface area contributed by atoms with Crippen molar-refractivity contribution in [3.63, 3.8) is 0 Å². The van der Waals surface area contributed by atoms with Gasteiger partial charge in [-0.25, -0.2) is 4.98 Å². The zero-order valence-electron chi connectivity index (χ0n) is 17.1. The van der Waals surface area contributed by atoms with Gasteiger partial charge in [0.25, 0.3) is 0 Å². The number of aryl methyl sites for hydroxylation is 1. The molecule has 4 aromatic rings. The van der Waals surface area contributed by atoms with Gasteiger partial charge in [0.2, 0.25) is 5.91 Å². The zero-order chi connectivity index (χ0) is 21.0. The van der Waals surface area contributed by atoms with E-state index in [9.17, 15) is 4.79 Å². The lowest BCUT2D eigenvalue weighted by molar-refractivity contribution is -0.121. The molecule has 6 heteroatoms. The standard InChI is InChI=1S/C25H23N3O3/c29-25(26-17-18-10-11-22-23(16-18)31-15-14-30-22)13-12-24-27-20-8-4-5-9-21(20)28(24)19-6-2-1-3-7-19/h1-11,16H,12-15,17H2,(H,26,29).